The minimum Gasteiger partial charge on any atom is -0.543 e. The number of carboxylic acid groups (broad SMARTS) is 1. The van der Waals surface area contributed by atoms with Crippen molar-refractivity contribution in [2.45, 2.75) is 83.9 Å². The van der Waals surface area contributed by atoms with E-state index in [1.54, 1.807) is 24.4 Å². The van der Waals surface area contributed by atoms with Crippen molar-refractivity contribution in [3.05, 3.63) is 47.5 Å². The largest absolute Gasteiger partial charge is 0.543 e. The van der Waals surface area contributed by atoms with Gasteiger partial charge in [0.05, 0.1) is 5.69 Å². The van der Waals surface area contributed by atoms with Crippen LogP contribution in [0.25, 0.3) is 0 Å². The van der Waals surface area contributed by atoms with Crippen LogP contribution < -0.4 is 9.16 Å². The van der Waals surface area contributed by atoms with Gasteiger partial charge in [0, 0.05) is 31.7 Å². The monoisotopic (exact) mass is 516 g/mol. The third kappa shape index (κ3) is 7.27. The Morgan fingerprint density at radius 3 is 2.61 bits per heavy atom. The molecule has 1 N–H and O–H groups in total. The average Bonchev–Trinajstić information content (AvgIpc) is 3.32. The van der Waals surface area contributed by atoms with Crippen LogP contribution >= 0.6 is 0 Å². The molecule has 1 saturated heterocycles. The van der Waals surface area contributed by atoms with Crippen LogP contribution in [0, 0.1) is 0 Å². The highest BCUT2D eigenvalue weighted by Gasteiger charge is 2.39. The molecule has 3 rings (SSSR count). The Balaban J connectivity index is 1.85. The number of ether oxygens (including phenoxy) is 3. The molecular formula is C26H36N2O7Si. The fourth-order valence-electron chi connectivity index (χ4n) is 3.53. The van der Waals surface area contributed by atoms with Gasteiger partial charge in [-0.2, -0.15) is 0 Å². The van der Waals surface area contributed by atoms with Gasteiger partial charge in [-0.3, -0.25) is 4.79 Å². The zero-order valence-corrected chi connectivity index (χ0v) is 22.9. The van der Waals surface area contributed by atoms with Gasteiger partial charge in [0.2, 0.25) is 14.4 Å². The van der Waals surface area contributed by atoms with Crippen molar-refractivity contribution >= 4 is 20.3 Å². The molecule has 1 aromatic carbocycles. The maximum atomic E-state index is 11.8. The van der Waals surface area contributed by atoms with E-state index in [0.29, 0.717) is 35.2 Å². The first-order valence-electron chi connectivity index (χ1n) is 12.1. The Morgan fingerprint density at radius 2 is 2.00 bits per heavy atom. The van der Waals surface area contributed by atoms with Crippen molar-refractivity contribution in [3.8, 4) is 11.5 Å². The quantitative estimate of drug-likeness (QED) is 0.349. The fourth-order valence-corrected chi connectivity index (χ4v) is 4.55. The highest BCUT2D eigenvalue weighted by Crippen LogP contribution is 2.38. The topological polar surface area (TPSA) is 117 Å². The molecule has 1 aliphatic heterocycles. The molecule has 0 amide bonds. The lowest BCUT2D eigenvalue weighted by Gasteiger charge is -2.36. The predicted octanol–water partition coefficient (Wildman–Crippen LogP) is 4.85. The van der Waals surface area contributed by atoms with Gasteiger partial charge >= 0.3 is 11.9 Å². The molecule has 0 aliphatic carbocycles. The lowest BCUT2D eigenvalue weighted by Crippen LogP contribution is -2.43. The number of aliphatic carboxylic acids is 1. The highest BCUT2D eigenvalue weighted by molar-refractivity contribution is 6.74. The molecule has 1 unspecified atom stereocenters. The Morgan fingerprint density at radius 1 is 1.25 bits per heavy atom. The fraction of sp³-hybridized carbons (Fsp3) is 0.538. The first-order chi connectivity index (χ1) is 16.9. The third-order valence-corrected chi connectivity index (χ3v) is 10.9. The molecule has 0 spiro atoms. The van der Waals surface area contributed by atoms with Crippen LogP contribution in [-0.4, -0.2) is 48.0 Å². The Bertz CT molecular complexity index is 1080. The summed E-state index contributed by atoms with van der Waals surface area (Å²) >= 11 is 0. The van der Waals surface area contributed by atoms with Crippen molar-refractivity contribution in [3.63, 3.8) is 0 Å². The van der Waals surface area contributed by atoms with Crippen molar-refractivity contribution < 1.29 is 33.3 Å². The number of carboxylic acids is 1. The van der Waals surface area contributed by atoms with E-state index in [0.717, 1.165) is 12.8 Å². The molecule has 2 atom stereocenters. The van der Waals surface area contributed by atoms with Crippen LogP contribution in [0.3, 0.4) is 0 Å². The van der Waals surface area contributed by atoms with E-state index >= 15 is 0 Å². The first kappa shape index (κ1) is 27.6. The molecule has 0 saturated carbocycles. The Labute approximate surface area is 213 Å². The van der Waals surface area contributed by atoms with E-state index in [1.165, 1.54) is 6.92 Å². The second-order valence-electron chi connectivity index (χ2n) is 10.5. The van der Waals surface area contributed by atoms with Gasteiger partial charge in [-0.15, -0.1) is 0 Å². The molecule has 1 aromatic heterocycles. The summed E-state index contributed by atoms with van der Waals surface area (Å²) in [7, 11) is -2.14. The second kappa shape index (κ2) is 11.4. The highest BCUT2D eigenvalue weighted by atomic mass is 28.4. The van der Waals surface area contributed by atoms with E-state index in [-0.39, 0.29) is 24.2 Å². The van der Waals surface area contributed by atoms with E-state index in [2.05, 4.69) is 43.8 Å². The molecule has 1 fully saturated rings. The molecule has 1 aliphatic rings. The molecule has 2 aromatic rings. The molecule has 0 radical (unpaired) electrons. The Hall–Kier alpha value is -2.98. The van der Waals surface area contributed by atoms with Gasteiger partial charge < -0.3 is 23.7 Å². The molecule has 0 bridgehead atoms. The lowest BCUT2D eigenvalue weighted by molar-refractivity contribution is -0.162. The van der Waals surface area contributed by atoms with Gasteiger partial charge in [-0.1, -0.05) is 20.8 Å². The lowest BCUT2D eigenvalue weighted by atomic mass is 10.1. The number of hydrogen-bond donors (Lipinski definition) is 1. The summed E-state index contributed by atoms with van der Waals surface area (Å²) in [6, 6.07) is 7.12. The smallest absolute Gasteiger partial charge is 0.345 e. The normalized spacial score (nSPS) is 16.9. The molecular weight excluding hydrogens is 480 g/mol. The van der Waals surface area contributed by atoms with Crippen molar-refractivity contribution in [1.29, 1.82) is 0 Å². The molecule has 2 heterocycles. The van der Waals surface area contributed by atoms with Crippen molar-refractivity contribution in [2.75, 3.05) is 6.61 Å². The van der Waals surface area contributed by atoms with Crippen LogP contribution in [0.1, 0.15) is 63.7 Å². The van der Waals surface area contributed by atoms with Gasteiger partial charge in [0.1, 0.15) is 24.2 Å². The zero-order chi connectivity index (χ0) is 26.5. The summed E-state index contributed by atoms with van der Waals surface area (Å²) in [5.41, 5.74) is 1.24. The number of hydrogen-bond acceptors (Lipinski definition) is 8. The standard InChI is InChI=1S/C26H36N2O7Si/c1-17(29)34-23(25(30)31)15-18-14-20(35-36(5,6)26(2,3)4)9-10-21(18)33-16-19-11-12-27-24(28-19)22-8-7-13-32-22/h9-12,14,22-23H,7-8,13,15-16H2,1-6H3,(H,30,31)/t22-,23?/m0/s1. The van der Waals surface area contributed by atoms with Gasteiger partial charge in [-0.25, -0.2) is 14.8 Å². The summed E-state index contributed by atoms with van der Waals surface area (Å²) in [5.74, 6) is -0.176. The van der Waals surface area contributed by atoms with Gasteiger partial charge in [0.25, 0.3) is 0 Å². The summed E-state index contributed by atoms with van der Waals surface area (Å²) < 4.78 is 23.2. The molecule has 9 nitrogen and oxygen atoms in total. The van der Waals surface area contributed by atoms with Crippen LogP contribution in [0.4, 0.5) is 0 Å². The van der Waals surface area contributed by atoms with Crippen LogP contribution in [0.5, 0.6) is 11.5 Å². The third-order valence-electron chi connectivity index (χ3n) is 6.53. The van der Waals surface area contributed by atoms with Crippen LogP contribution in [0.2, 0.25) is 18.1 Å². The van der Waals surface area contributed by atoms with E-state index in [9.17, 15) is 14.7 Å². The Kier molecular flexibility index (Phi) is 8.73. The van der Waals surface area contributed by atoms with Crippen molar-refractivity contribution in [1.82, 2.24) is 9.97 Å². The van der Waals surface area contributed by atoms with Crippen molar-refractivity contribution in [2.24, 2.45) is 0 Å². The zero-order valence-electron chi connectivity index (χ0n) is 21.9. The number of carbonyl (C=O) groups excluding carboxylic acids is 1. The number of benzene rings is 1. The van der Waals surface area contributed by atoms with Crippen LogP contribution in [-0.2, 0) is 32.1 Å². The number of carbonyl (C=O) groups is 2. The molecule has 36 heavy (non-hydrogen) atoms. The predicted molar refractivity (Wildman–Crippen MR) is 135 cm³/mol. The number of aromatic nitrogens is 2. The molecule has 10 heteroatoms. The summed E-state index contributed by atoms with van der Waals surface area (Å²) in [6.45, 7) is 12.7. The summed E-state index contributed by atoms with van der Waals surface area (Å²) in [4.78, 5) is 32.2. The van der Waals surface area contributed by atoms with E-state index in [1.807, 2.05) is 6.07 Å². The minimum absolute atomic E-state index is 0.0164. The van der Waals surface area contributed by atoms with Crippen LogP contribution in [0.15, 0.2) is 30.5 Å². The van der Waals surface area contributed by atoms with E-state index in [4.69, 9.17) is 18.6 Å². The number of esters is 1. The minimum atomic E-state index is -2.14. The van der Waals surface area contributed by atoms with E-state index < -0.39 is 26.4 Å². The van der Waals surface area contributed by atoms with Gasteiger partial charge in [0.15, 0.2) is 5.82 Å². The average molecular weight is 517 g/mol. The molecule has 196 valence electrons. The number of rotatable bonds is 10. The van der Waals surface area contributed by atoms with Gasteiger partial charge in [-0.05, 0) is 55.2 Å². The summed E-state index contributed by atoms with van der Waals surface area (Å²) in [5, 5.41) is 9.59. The number of nitrogens with zero attached hydrogens (tertiary/aromatic N) is 2. The maximum absolute atomic E-state index is 11.8. The second-order valence-corrected chi connectivity index (χ2v) is 15.2. The SMILES string of the molecule is CC(=O)OC(Cc1cc(O[Si](C)(C)C(C)(C)C)ccc1OCc1ccnc([C@@H]2CCCO2)n1)C(=O)O. The maximum Gasteiger partial charge on any atom is 0.345 e. The first-order valence-corrected chi connectivity index (χ1v) is 15.0. The summed E-state index contributed by atoms with van der Waals surface area (Å²) in [6.07, 6.45) is 2.03.